The second-order valence-electron chi connectivity index (χ2n) is 4.17. The summed E-state index contributed by atoms with van der Waals surface area (Å²) in [7, 11) is 0. The molecule has 2 saturated carbocycles. The summed E-state index contributed by atoms with van der Waals surface area (Å²) in [6.45, 7) is 2.04. The maximum Gasteiger partial charge on any atom is 0.242 e. The Balaban J connectivity index is 1.74. The predicted molar refractivity (Wildman–Crippen MR) is 43.3 cm³/mol. The minimum atomic E-state index is -2.33. The standard InChI is InChI=1S/C9H13F2NO/c1-4-2-7(4)12-9(13)6-3-5(6)8(10)11/h4-8H,2-3H2,1H3,(H,12,13)/t4-,5+,6+,7-/m1/s1. The Bertz CT molecular complexity index is 232. The van der Waals surface area contributed by atoms with Crippen LogP contribution in [0.15, 0.2) is 0 Å². The van der Waals surface area contributed by atoms with Crippen molar-refractivity contribution in [3.8, 4) is 0 Å². The number of alkyl halides is 2. The molecule has 0 unspecified atom stereocenters. The van der Waals surface area contributed by atoms with Crippen LogP contribution in [0.25, 0.3) is 0 Å². The fourth-order valence-corrected chi connectivity index (χ4v) is 1.61. The second kappa shape index (κ2) is 2.93. The molecule has 0 spiro atoms. The molecule has 1 amide bonds. The minimum Gasteiger partial charge on any atom is -0.353 e. The van der Waals surface area contributed by atoms with Crippen molar-refractivity contribution in [3.05, 3.63) is 0 Å². The van der Waals surface area contributed by atoms with Crippen molar-refractivity contribution in [3.63, 3.8) is 0 Å². The maximum absolute atomic E-state index is 12.1. The molecule has 0 radical (unpaired) electrons. The van der Waals surface area contributed by atoms with Crippen molar-refractivity contribution in [1.82, 2.24) is 5.32 Å². The van der Waals surface area contributed by atoms with Crippen LogP contribution >= 0.6 is 0 Å². The summed E-state index contributed by atoms with van der Waals surface area (Å²) in [5, 5.41) is 2.78. The molecule has 0 saturated heterocycles. The van der Waals surface area contributed by atoms with Gasteiger partial charge in [0.25, 0.3) is 0 Å². The molecule has 0 bridgehead atoms. The lowest BCUT2D eigenvalue weighted by Gasteiger charge is -2.02. The van der Waals surface area contributed by atoms with Crippen molar-refractivity contribution in [1.29, 1.82) is 0 Å². The zero-order chi connectivity index (χ0) is 9.59. The highest BCUT2D eigenvalue weighted by Gasteiger charge is 2.50. The number of amides is 1. The van der Waals surface area contributed by atoms with E-state index in [9.17, 15) is 13.6 Å². The molecular formula is C9H13F2NO. The number of nitrogens with one attached hydrogen (secondary N) is 1. The largest absolute Gasteiger partial charge is 0.353 e. The van der Waals surface area contributed by atoms with Crippen molar-refractivity contribution in [2.75, 3.05) is 0 Å². The fraction of sp³-hybridized carbons (Fsp3) is 0.889. The molecule has 0 aliphatic heterocycles. The van der Waals surface area contributed by atoms with Gasteiger partial charge in [0.15, 0.2) is 0 Å². The third-order valence-electron chi connectivity index (χ3n) is 2.94. The van der Waals surface area contributed by atoms with Gasteiger partial charge in [0.2, 0.25) is 12.3 Å². The first kappa shape index (κ1) is 8.91. The molecule has 4 atom stereocenters. The molecule has 0 aromatic rings. The fourth-order valence-electron chi connectivity index (χ4n) is 1.61. The lowest BCUT2D eigenvalue weighted by atomic mass is 10.3. The number of hydrogen-bond donors (Lipinski definition) is 1. The Morgan fingerprint density at radius 1 is 1.46 bits per heavy atom. The molecule has 2 rings (SSSR count). The first-order valence-electron chi connectivity index (χ1n) is 4.68. The van der Waals surface area contributed by atoms with Gasteiger partial charge in [-0.15, -0.1) is 0 Å². The van der Waals surface area contributed by atoms with Crippen LogP contribution in [0.2, 0.25) is 0 Å². The Morgan fingerprint density at radius 3 is 2.46 bits per heavy atom. The lowest BCUT2D eigenvalue weighted by molar-refractivity contribution is -0.123. The molecule has 2 aliphatic rings. The summed E-state index contributed by atoms with van der Waals surface area (Å²) in [5.74, 6) is -0.714. The Morgan fingerprint density at radius 2 is 2.08 bits per heavy atom. The Hall–Kier alpha value is -0.670. The van der Waals surface area contributed by atoms with Crippen LogP contribution in [-0.2, 0) is 4.79 Å². The van der Waals surface area contributed by atoms with Gasteiger partial charge in [-0.05, 0) is 18.8 Å². The highest BCUT2D eigenvalue weighted by Crippen LogP contribution is 2.44. The van der Waals surface area contributed by atoms with E-state index in [1.54, 1.807) is 0 Å². The van der Waals surface area contributed by atoms with E-state index in [0.29, 0.717) is 12.3 Å². The highest BCUT2D eigenvalue weighted by molar-refractivity contribution is 5.82. The monoisotopic (exact) mass is 189 g/mol. The van der Waals surface area contributed by atoms with Crippen molar-refractivity contribution in [2.45, 2.75) is 32.2 Å². The molecule has 1 N–H and O–H groups in total. The van der Waals surface area contributed by atoms with E-state index in [0.717, 1.165) is 6.42 Å². The number of halogens is 2. The zero-order valence-electron chi connectivity index (χ0n) is 7.47. The molecule has 0 heterocycles. The molecule has 13 heavy (non-hydrogen) atoms. The summed E-state index contributed by atoms with van der Waals surface area (Å²) >= 11 is 0. The molecule has 4 heteroatoms. The number of carbonyl (C=O) groups is 1. The lowest BCUT2D eigenvalue weighted by Crippen LogP contribution is -2.29. The number of rotatable bonds is 3. The van der Waals surface area contributed by atoms with Gasteiger partial charge < -0.3 is 5.32 Å². The molecular weight excluding hydrogens is 176 g/mol. The Labute approximate surface area is 75.7 Å². The van der Waals surface area contributed by atoms with Gasteiger partial charge in [-0.2, -0.15) is 0 Å². The van der Waals surface area contributed by atoms with Gasteiger partial charge in [-0.25, -0.2) is 8.78 Å². The maximum atomic E-state index is 12.1. The van der Waals surface area contributed by atoms with Crippen LogP contribution in [-0.4, -0.2) is 18.4 Å². The van der Waals surface area contributed by atoms with E-state index in [4.69, 9.17) is 0 Å². The number of hydrogen-bond acceptors (Lipinski definition) is 1. The van der Waals surface area contributed by atoms with Crippen LogP contribution in [0.3, 0.4) is 0 Å². The predicted octanol–water partition coefficient (Wildman–Crippen LogP) is 1.41. The van der Waals surface area contributed by atoms with E-state index in [-0.39, 0.29) is 11.9 Å². The molecule has 74 valence electrons. The molecule has 2 fully saturated rings. The van der Waals surface area contributed by atoms with Gasteiger partial charge in [-0.1, -0.05) is 6.92 Å². The van der Waals surface area contributed by atoms with Gasteiger partial charge in [0.05, 0.1) is 0 Å². The third-order valence-corrected chi connectivity index (χ3v) is 2.94. The van der Waals surface area contributed by atoms with Crippen molar-refractivity contribution < 1.29 is 13.6 Å². The average molecular weight is 189 g/mol. The van der Waals surface area contributed by atoms with E-state index in [1.165, 1.54) is 0 Å². The smallest absolute Gasteiger partial charge is 0.242 e. The third kappa shape index (κ3) is 1.81. The molecule has 0 aromatic carbocycles. The van der Waals surface area contributed by atoms with Crippen molar-refractivity contribution in [2.24, 2.45) is 17.8 Å². The van der Waals surface area contributed by atoms with Gasteiger partial charge in [-0.3, -0.25) is 4.79 Å². The minimum absolute atomic E-state index is 0.167. The zero-order valence-corrected chi connectivity index (χ0v) is 7.47. The summed E-state index contributed by atoms with van der Waals surface area (Å²) < 4.78 is 24.2. The van der Waals surface area contributed by atoms with E-state index >= 15 is 0 Å². The SMILES string of the molecule is C[C@@H]1C[C@H]1NC(=O)[C@H]1C[C@@H]1C(F)F. The summed E-state index contributed by atoms with van der Waals surface area (Å²) in [6, 6.07) is 0.256. The van der Waals surface area contributed by atoms with Crippen LogP contribution in [0.5, 0.6) is 0 Å². The topological polar surface area (TPSA) is 29.1 Å². The van der Waals surface area contributed by atoms with Crippen LogP contribution in [0.4, 0.5) is 8.78 Å². The van der Waals surface area contributed by atoms with E-state index < -0.39 is 18.3 Å². The Kier molecular flexibility index (Phi) is 2.00. The van der Waals surface area contributed by atoms with Gasteiger partial charge in [0.1, 0.15) is 0 Å². The van der Waals surface area contributed by atoms with E-state index in [1.807, 2.05) is 6.92 Å². The molecule has 0 aromatic heterocycles. The second-order valence-corrected chi connectivity index (χ2v) is 4.17. The molecule has 2 aliphatic carbocycles. The summed E-state index contributed by atoms with van der Waals surface area (Å²) in [6.07, 6.45) is -0.963. The summed E-state index contributed by atoms with van der Waals surface area (Å²) in [5.41, 5.74) is 0. The summed E-state index contributed by atoms with van der Waals surface area (Å²) in [4.78, 5) is 11.3. The first-order chi connectivity index (χ1) is 6.09. The van der Waals surface area contributed by atoms with Crippen LogP contribution in [0, 0.1) is 17.8 Å². The van der Waals surface area contributed by atoms with Crippen LogP contribution < -0.4 is 5.32 Å². The normalized spacial score (nSPS) is 41.8. The van der Waals surface area contributed by atoms with Crippen molar-refractivity contribution >= 4 is 5.91 Å². The quantitative estimate of drug-likeness (QED) is 0.714. The van der Waals surface area contributed by atoms with Gasteiger partial charge >= 0.3 is 0 Å². The highest BCUT2D eigenvalue weighted by atomic mass is 19.3. The number of carbonyl (C=O) groups excluding carboxylic acids is 1. The van der Waals surface area contributed by atoms with Crippen LogP contribution in [0.1, 0.15) is 19.8 Å². The first-order valence-corrected chi connectivity index (χ1v) is 4.68. The molecule has 2 nitrogen and oxygen atoms in total. The average Bonchev–Trinajstić information content (AvgIpc) is 2.86. The van der Waals surface area contributed by atoms with Gasteiger partial charge in [0, 0.05) is 17.9 Å². The van der Waals surface area contributed by atoms with E-state index in [2.05, 4.69) is 5.32 Å².